The lowest BCUT2D eigenvalue weighted by Crippen LogP contribution is -2.18. The predicted molar refractivity (Wildman–Crippen MR) is 95.4 cm³/mol. The van der Waals surface area contributed by atoms with E-state index < -0.39 is 0 Å². The van der Waals surface area contributed by atoms with Gasteiger partial charge in [-0.1, -0.05) is 11.8 Å². The fourth-order valence-electron chi connectivity index (χ4n) is 2.68. The van der Waals surface area contributed by atoms with Crippen molar-refractivity contribution in [3.8, 4) is 5.75 Å². The van der Waals surface area contributed by atoms with Crippen molar-refractivity contribution in [3.05, 3.63) is 30.1 Å². The molecule has 2 aliphatic rings. The molecule has 6 nitrogen and oxygen atoms in total. The Bertz CT molecular complexity index is 786. The molecule has 1 unspecified atom stereocenters. The van der Waals surface area contributed by atoms with Gasteiger partial charge in [0.1, 0.15) is 16.9 Å². The van der Waals surface area contributed by atoms with Gasteiger partial charge in [0.15, 0.2) is 0 Å². The normalized spacial score (nSPS) is 25.0. The minimum Gasteiger partial charge on any atom is -0.491 e. The highest BCUT2D eigenvalue weighted by atomic mass is 32.2. The first-order valence-corrected chi connectivity index (χ1v) is 8.92. The van der Waals surface area contributed by atoms with Crippen LogP contribution < -0.4 is 4.74 Å². The van der Waals surface area contributed by atoms with Crippen LogP contribution in [-0.2, 0) is 9.47 Å². The van der Waals surface area contributed by atoms with Gasteiger partial charge in [-0.2, -0.15) is 5.10 Å². The molecule has 0 aliphatic carbocycles. The van der Waals surface area contributed by atoms with Crippen LogP contribution in [0.1, 0.15) is 19.0 Å². The summed E-state index contributed by atoms with van der Waals surface area (Å²) in [7, 11) is 0. The zero-order valence-corrected chi connectivity index (χ0v) is 14.2. The van der Waals surface area contributed by atoms with E-state index >= 15 is 0 Å². The van der Waals surface area contributed by atoms with Crippen LogP contribution in [0.25, 0.3) is 15.8 Å². The zero-order chi connectivity index (χ0) is 16.4. The minimum atomic E-state index is -0.121. The van der Waals surface area contributed by atoms with E-state index in [9.17, 15) is 0 Å². The molecule has 0 saturated heterocycles. The van der Waals surface area contributed by atoms with Gasteiger partial charge in [-0.05, 0) is 25.1 Å². The monoisotopic (exact) mass is 345 g/mol. The summed E-state index contributed by atoms with van der Waals surface area (Å²) in [6.07, 6.45) is 4.55. The molecule has 4 rings (SSSR count). The summed E-state index contributed by atoms with van der Waals surface area (Å²) >= 11 is 1.60. The second-order valence-corrected chi connectivity index (χ2v) is 6.90. The number of hydrogen-bond donors (Lipinski definition) is 1. The van der Waals surface area contributed by atoms with Crippen molar-refractivity contribution in [2.45, 2.75) is 24.9 Å². The summed E-state index contributed by atoms with van der Waals surface area (Å²) in [6.45, 7) is 3.81. The minimum absolute atomic E-state index is 0.0833. The molecule has 1 aromatic heterocycles. The topological polar surface area (TPSA) is 68.7 Å². The van der Waals surface area contributed by atoms with Crippen LogP contribution in [0.5, 0.6) is 5.75 Å². The van der Waals surface area contributed by atoms with Crippen molar-refractivity contribution in [1.29, 1.82) is 0 Å². The molecule has 4 bridgehead atoms. The molecule has 3 heterocycles. The standard InChI is InChI=1S/C17H19N3O3S/c1-11-4-5-21-6-7-22-16-10-18-9-15(24-16)17-13-8-12(23-11)2-3-14(13)19-20-17/h2-3,8-11,16H,4-7H2,1H3,(H,19,20)/t11-,16?/m1/s1. The van der Waals surface area contributed by atoms with E-state index in [2.05, 4.69) is 22.1 Å². The van der Waals surface area contributed by atoms with E-state index in [1.165, 1.54) is 0 Å². The third-order valence-electron chi connectivity index (χ3n) is 3.93. The number of nitrogens with one attached hydrogen (secondary N) is 1. The highest BCUT2D eigenvalue weighted by Crippen LogP contribution is 2.37. The Balaban J connectivity index is 1.71. The van der Waals surface area contributed by atoms with Gasteiger partial charge >= 0.3 is 0 Å². The van der Waals surface area contributed by atoms with Gasteiger partial charge in [-0.15, -0.1) is 0 Å². The van der Waals surface area contributed by atoms with Crippen molar-refractivity contribution >= 4 is 33.8 Å². The van der Waals surface area contributed by atoms with Crippen molar-refractivity contribution in [2.24, 2.45) is 4.99 Å². The van der Waals surface area contributed by atoms with Gasteiger partial charge in [0, 0.05) is 24.2 Å². The molecule has 0 saturated carbocycles. The fraction of sp³-hybridized carbons (Fsp3) is 0.412. The van der Waals surface area contributed by atoms with Crippen molar-refractivity contribution in [3.63, 3.8) is 0 Å². The molecular formula is C17H19N3O3S. The van der Waals surface area contributed by atoms with Crippen LogP contribution in [0.2, 0.25) is 0 Å². The number of nitrogens with zero attached hydrogens (tertiary/aromatic N) is 2. The van der Waals surface area contributed by atoms with Crippen LogP contribution in [0, 0.1) is 0 Å². The molecule has 7 heteroatoms. The first-order chi connectivity index (χ1) is 11.8. The average Bonchev–Trinajstić information content (AvgIpc) is 3.01. The highest BCUT2D eigenvalue weighted by Gasteiger charge is 2.20. The summed E-state index contributed by atoms with van der Waals surface area (Å²) in [5.41, 5.74) is 1.74. The summed E-state index contributed by atoms with van der Waals surface area (Å²) in [4.78, 5) is 5.29. The van der Waals surface area contributed by atoms with E-state index in [1.807, 2.05) is 24.4 Å². The molecule has 2 aromatic rings. The Morgan fingerprint density at radius 3 is 3.17 bits per heavy atom. The number of aromatic amines is 1. The van der Waals surface area contributed by atoms with E-state index in [4.69, 9.17) is 14.2 Å². The summed E-state index contributed by atoms with van der Waals surface area (Å²) < 4.78 is 17.5. The van der Waals surface area contributed by atoms with E-state index in [0.29, 0.717) is 19.8 Å². The lowest BCUT2D eigenvalue weighted by molar-refractivity contribution is 0.0429. The summed E-state index contributed by atoms with van der Waals surface area (Å²) in [5.74, 6) is 0.838. The largest absolute Gasteiger partial charge is 0.491 e. The third kappa shape index (κ3) is 3.33. The Hall–Kier alpha value is -1.83. The Kier molecular flexibility index (Phi) is 4.55. The van der Waals surface area contributed by atoms with Crippen LogP contribution in [-0.4, -0.2) is 47.8 Å². The van der Waals surface area contributed by atoms with Gasteiger partial charge in [0.25, 0.3) is 0 Å². The number of ether oxygens (including phenoxy) is 3. The number of aliphatic imine (C=N–C) groups is 1. The molecule has 0 radical (unpaired) electrons. The molecule has 126 valence electrons. The number of rotatable bonds is 0. The van der Waals surface area contributed by atoms with Crippen LogP contribution in [0.4, 0.5) is 0 Å². The van der Waals surface area contributed by atoms with E-state index in [-0.39, 0.29) is 11.5 Å². The van der Waals surface area contributed by atoms with Gasteiger partial charge in [-0.25, -0.2) is 0 Å². The average molecular weight is 345 g/mol. The molecule has 2 atom stereocenters. The Morgan fingerprint density at radius 1 is 1.25 bits per heavy atom. The molecule has 0 amide bonds. The number of H-pyrrole nitrogens is 1. The Labute approximate surface area is 144 Å². The highest BCUT2D eigenvalue weighted by molar-refractivity contribution is 8.09. The second kappa shape index (κ2) is 6.96. The van der Waals surface area contributed by atoms with Crippen molar-refractivity contribution < 1.29 is 14.2 Å². The lowest BCUT2D eigenvalue weighted by Gasteiger charge is -2.17. The molecular weight excluding hydrogens is 326 g/mol. The van der Waals surface area contributed by atoms with E-state index in [1.54, 1.807) is 18.0 Å². The van der Waals surface area contributed by atoms with Crippen molar-refractivity contribution in [1.82, 2.24) is 10.2 Å². The maximum Gasteiger partial charge on any atom is 0.143 e. The molecule has 24 heavy (non-hydrogen) atoms. The van der Waals surface area contributed by atoms with Gasteiger partial charge in [0.05, 0.1) is 36.3 Å². The molecule has 0 spiro atoms. The van der Waals surface area contributed by atoms with Crippen LogP contribution >= 0.6 is 11.8 Å². The maximum atomic E-state index is 6.02. The Morgan fingerprint density at radius 2 is 2.21 bits per heavy atom. The van der Waals surface area contributed by atoms with Crippen LogP contribution in [0.3, 0.4) is 0 Å². The van der Waals surface area contributed by atoms with E-state index in [0.717, 1.165) is 33.7 Å². The SMILES string of the molecule is C[C@@H]1CCOCCOC2C=NC=C(S2)c2n[nH]c3ccc(cc23)O1. The lowest BCUT2D eigenvalue weighted by atomic mass is 10.2. The molecule has 1 N–H and O–H groups in total. The van der Waals surface area contributed by atoms with Crippen LogP contribution in [0.15, 0.2) is 29.4 Å². The first-order valence-electron chi connectivity index (χ1n) is 8.04. The number of fused-ring (bicyclic) bond motifs is 4. The third-order valence-corrected chi connectivity index (χ3v) is 4.97. The zero-order valence-electron chi connectivity index (χ0n) is 13.4. The fourth-order valence-corrected chi connectivity index (χ4v) is 3.62. The van der Waals surface area contributed by atoms with Gasteiger partial charge in [-0.3, -0.25) is 10.1 Å². The van der Waals surface area contributed by atoms with Gasteiger partial charge in [0.2, 0.25) is 0 Å². The van der Waals surface area contributed by atoms with Gasteiger partial charge < -0.3 is 14.2 Å². The smallest absolute Gasteiger partial charge is 0.143 e. The predicted octanol–water partition coefficient (Wildman–Crippen LogP) is 3.21. The number of benzene rings is 1. The maximum absolute atomic E-state index is 6.02. The first kappa shape index (κ1) is 15.7. The molecule has 1 aromatic carbocycles. The molecule has 2 aliphatic heterocycles. The summed E-state index contributed by atoms with van der Waals surface area (Å²) in [6, 6.07) is 5.99. The summed E-state index contributed by atoms with van der Waals surface area (Å²) in [5, 5.41) is 8.57. The number of hydrogen-bond acceptors (Lipinski definition) is 6. The second-order valence-electron chi connectivity index (χ2n) is 5.76. The molecule has 0 fully saturated rings. The van der Waals surface area contributed by atoms with Crippen molar-refractivity contribution in [2.75, 3.05) is 19.8 Å². The number of thioether (sulfide) groups is 1. The quantitative estimate of drug-likeness (QED) is 0.794. The number of aromatic nitrogens is 2.